The molecule has 0 fully saturated rings. The molecule has 0 spiro atoms. The van der Waals surface area contributed by atoms with Crippen molar-refractivity contribution in [2.45, 2.75) is 6.92 Å². The van der Waals surface area contributed by atoms with Crippen LogP contribution in [-0.2, 0) is 10.5 Å². The van der Waals surface area contributed by atoms with Gasteiger partial charge in [0.1, 0.15) is 5.75 Å². The summed E-state index contributed by atoms with van der Waals surface area (Å²) in [5.41, 5.74) is 0.461. The Morgan fingerprint density at radius 3 is 2.76 bits per heavy atom. The van der Waals surface area contributed by atoms with E-state index in [1.165, 1.54) is 18.2 Å². The number of aromatic nitrogens is 2. The summed E-state index contributed by atoms with van der Waals surface area (Å²) in [6.07, 6.45) is 0. The molecule has 1 aromatic carbocycles. The van der Waals surface area contributed by atoms with E-state index in [1.807, 2.05) is 0 Å². The average molecular weight is 258 g/mol. The van der Waals surface area contributed by atoms with Gasteiger partial charge in [-0.3, -0.25) is 0 Å². The molecule has 0 radical (unpaired) electrons. The SMILES string of the molecule is Cc1nc(-c2cccc(OS(=O)(=O)F)c2)no1. The number of nitrogens with zero attached hydrogens (tertiary/aromatic N) is 2. The third-order valence-electron chi connectivity index (χ3n) is 1.82. The van der Waals surface area contributed by atoms with Crippen LogP contribution in [0.5, 0.6) is 5.75 Å². The third-order valence-corrected chi connectivity index (χ3v) is 2.21. The van der Waals surface area contributed by atoms with Crippen LogP contribution in [0.25, 0.3) is 11.4 Å². The molecule has 1 aromatic heterocycles. The predicted molar refractivity (Wildman–Crippen MR) is 55.1 cm³/mol. The molecular formula is C9H7FN2O4S. The van der Waals surface area contributed by atoms with Crippen molar-refractivity contribution in [3.8, 4) is 17.1 Å². The second kappa shape index (κ2) is 4.13. The fourth-order valence-corrected chi connectivity index (χ4v) is 1.55. The fourth-order valence-electron chi connectivity index (χ4n) is 1.22. The summed E-state index contributed by atoms with van der Waals surface area (Å²) >= 11 is 0. The molecule has 0 unspecified atom stereocenters. The Bertz CT molecular complexity index is 638. The van der Waals surface area contributed by atoms with Crippen LogP contribution >= 0.6 is 0 Å². The van der Waals surface area contributed by atoms with Gasteiger partial charge in [-0.05, 0) is 12.1 Å². The van der Waals surface area contributed by atoms with Crippen LogP contribution in [0.3, 0.4) is 0 Å². The summed E-state index contributed by atoms with van der Waals surface area (Å²) in [5.74, 6) is 0.473. The summed E-state index contributed by atoms with van der Waals surface area (Å²) in [5, 5.41) is 3.64. The molecule has 0 N–H and O–H groups in total. The van der Waals surface area contributed by atoms with Gasteiger partial charge in [-0.15, -0.1) is 0 Å². The Hall–Kier alpha value is -1.96. The van der Waals surface area contributed by atoms with Crippen LogP contribution in [0.4, 0.5) is 3.89 Å². The first-order valence-corrected chi connectivity index (χ1v) is 5.80. The maximum atomic E-state index is 12.3. The molecule has 6 nitrogen and oxygen atoms in total. The summed E-state index contributed by atoms with van der Waals surface area (Å²) in [6, 6.07) is 5.69. The normalized spacial score (nSPS) is 11.4. The minimum atomic E-state index is -5.04. The molecule has 0 saturated carbocycles. The summed E-state index contributed by atoms with van der Waals surface area (Å²) in [7, 11) is -5.04. The first-order valence-electron chi connectivity index (χ1n) is 4.49. The molecule has 0 bridgehead atoms. The third kappa shape index (κ3) is 3.00. The molecule has 0 aliphatic carbocycles. The first-order chi connectivity index (χ1) is 7.94. The summed E-state index contributed by atoms with van der Waals surface area (Å²) in [4.78, 5) is 3.94. The molecule has 8 heteroatoms. The van der Waals surface area contributed by atoms with E-state index in [1.54, 1.807) is 13.0 Å². The average Bonchev–Trinajstić information content (AvgIpc) is 2.63. The van der Waals surface area contributed by atoms with E-state index in [0.717, 1.165) is 0 Å². The van der Waals surface area contributed by atoms with Crippen molar-refractivity contribution in [2.75, 3.05) is 0 Å². The molecule has 90 valence electrons. The highest BCUT2D eigenvalue weighted by atomic mass is 32.3. The molecule has 1 heterocycles. The van der Waals surface area contributed by atoms with Gasteiger partial charge in [0.2, 0.25) is 11.7 Å². The van der Waals surface area contributed by atoms with Crippen molar-refractivity contribution in [3.63, 3.8) is 0 Å². The molecule has 0 atom stereocenters. The Kier molecular flexibility index (Phi) is 2.80. The number of halogens is 1. The van der Waals surface area contributed by atoms with Gasteiger partial charge in [0.15, 0.2) is 0 Å². The van der Waals surface area contributed by atoms with Crippen molar-refractivity contribution in [1.29, 1.82) is 0 Å². The van der Waals surface area contributed by atoms with E-state index in [4.69, 9.17) is 4.52 Å². The monoisotopic (exact) mass is 258 g/mol. The maximum Gasteiger partial charge on any atom is 0.488 e. The van der Waals surface area contributed by atoms with Crippen molar-refractivity contribution in [2.24, 2.45) is 0 Å². The van der Waals surface area contributed by atoms with Crippen LogP contribution in [-0.4, -0.2) is 18.6 Å². The van der Waals surface area contributed by atoms with Gasteiger partial charge in [-0.1, -0.05) is 21.2 Å². The minimum Gasteiger partial charge on any atom is -0.358 e. The van der Waals surface area contributed by atoms with E-state index in [2.05, 4.69) is 14.3 Å². The Balaban J connectivity index is 2.35. The van der Waals surface area contributed by atoms with Crippen molar-refractivity contribution in [1.82, 2.24) is 10.1 Å². The fraction of sp³-hybridized carbons (Fsp3) is 0.111. The number of aryl methyl sites for hydroxylation is 1. The van der Waals surface area contributed by atoms with Gasteiger partial charge in [-0.25, -0.2) is 0 Å². The smallest absolute Gasteiger partial charge is 0.358 e. The Morgan fingerprint density at radius 1 is 1.41 bits per heavy atom. The molecule has 0 aliphatic heterocycles. The lowest BCUT2D eigenvalue weighted by molar-refractivity contribution is 0.394. The lowest BCUT2D eigenvalue weighted by Crippen LogP contribution is -2.01. The molecule has 2 aromatic rings. The van der Waals surface area contributed by atoms with E-state index in [-0.39, 0.29) is 11.6 Å². The van der Waals surface area contributed by atoms with Crippen LogP contribution in [0.15, 0.2) is 28.8 Å². The molecule has 17 heavy (non-hydrogen) atoms. The van der Waals surface area contributed by atoms with Crippen LogP contribution in [0.1, 0.15) is 5.89 Å². The van der Waals surface area contributed by atoms with Crippen LogP contribution in [0, 0.1) is 6.92 Å². The van der Waals surface area contributed by atoms with Gasteiger partial charge >= 0.3 is 10.5 Å². The highest BCUT2D eigenvalue weighted by molar-refractivity contribution is 7.81. The van der Waals surface area contributed by atoms with Gasteiger partial charge in [0.05, 0.1) is 0 Å². The van der Waals surface area contributed by atoms with Crippen molar-refractivity contribution >= 4 is 10.5 Å². The predicted octanol–water partition coefficient (Wildman–Crippen LogP) is 1.64. The second-order valence-corrected chi connectivity index (χ2v) is 4.09. The molecule has 0 saturated heterocycles. The minimum absolute atomic E-state index is 0.160. The van der Waals surface area contributed by atoms with E-state index < -0.39 is 10.5 Å². The second-order valence-electron chi connectivity index (χ2n) is 3.14. The standard InChI is InChI=1S/C9H7FN2O4S/c1-6-11-9(12-15-6)7-3-2-4-8(5-7)16-17(10,13)14/h2-5H,1H3. The lowest BCUT2D eigenvalue weighted by atomic mass is 10.2. The zero-order valence-electron chi connectivity index (χ0n) is 8.62. The van der Waals surface area contributed by atoms with Crippen molar-refractivity contribution < 1.29 is 21.0 Å². The van der Waals surface area contributed by atoms with E-state index in [0.29, 0.717) is 11.5 Å². The van der Waals surface area contributed by atoms with Crippen molar-refractivity contribution in [3.05, 3.63) is 30.2 Å². The number of hydrogen-bond donors (Lipinski definition) is 0. The highest BCUT2D eigenvalue weighted by Crippen LogP contribution is 2.22. The van der Waals surface area contributed by atoms with E-state index in [9.17, 15) is 12.3 Å². The molecule has 2 rings (SSSR count). The zero-order chi connectivity index (χ0) is 12.5. The zero-order valence-corrected chi connectivity index (χ0v) is 9.44. The summed E-state index contributed by atoms with van der Waals surface area (Å²) < 4.78 is 41.8. The van der Waals surface area contributed by atoms with Gasteiger partial charge in [0.25, 0.3) is 0 Å². The van der Waals surface area contributed by atoms with Gasteiger partial charge in [-0.2, -0.15) is 13.4 Å². The van der Waals surface area contributed by atoms with E-state index >= 15 is 0 Å². The number of rotatable bonds is 3. The quantitative estimate of drug-likeness (QED) is 0.778. The Labute approximate surface area is 96.4 Å². The maximum absolute atomic E-state index is 12.3. The lowest BCUT2D eigenvalue weighted by Gasteiger charge is -2.00. The number of benzene rings is 1. The molecule has 0 amide bonds. The Morgan fingerprint density at radius 2 is 2.18 bits per heavy atom. The largest absolute Gasteiger partial charge is 0.488 e. The van der Waals surface area contributed by atoms with Crippen LogP contribution < -0.4 is 4.18 Å². The molecule has 0 aliphatic rings. The first kappa shape index (κ1) is 11.5. The summed E-state index contributed by atoms with van der Waals surface area (Å²) in [6.45, 7) is 1.61. The molecular weight excluding hydrogens is 251 g/mol. The topological polar surface area (TPSA) is 82.3 Å². The highest BCUT2D eigenvalue weighted by Gasteiger charge is 2.12. The van der Waals surface area contributed by atoms with Gasteiger partial charge < -0.3 is 8.71 Å². The van der Waals surface area contributed by atoms with Gasteiger partial charge in [0, 0.05) is 12.5 Å². The number of hydrogen-bond acceptors (Lipinski definition) is 6. The van der Waals surface area contributed by atoms with Crippen LogP contribution in [0.2, 0.25) is 0 Å².